The Morgan fingerprint density at radius 3 is 1.44 bits per heavy atom. The zero-order valence-electron chi connectivity index (χ0n) is 24.0. The maximum Gasteiger partial charge on any atom is 0.216 e. The van der Waals surface area contributed by atoms with Crippen LogP contribution in [0.25, 0.3) is 0 Å². The largest absolute Gasteiger partial charge is 0.401 e. The highest BCUT2D eigenvalue weighted by Crippen LogP contribution is 2.41. The second-order valence-electron chi connectivity index (χ2n) is 12.7. The van der Waals surface area contributed by atoms with Crippen LogP contribution in [0.3, 0.4) is 0 Å². The van der Waals surface area contributed by atoms with Crippen LogP contribution >= 0.6 is 0 Å². The van der Waals surface area contributed by atoms with Crippen molar-refractivity contribution < 1.29 is 14.3 Å². The van der Waals surface area contributed by atoms with E-state index in [9.17, 15) is 5.11 Å². The molecule has 0 saturated heterocycles. The van der Waals surface area contributed by atoms with Gasteiger partial charge in [-0.1, -0.05) is 74.2 Å². The van der Waals surface area contributed by atoms with E-state index in [1.165, 1.54) is 0 Å². The van der Waals surface area contributed by atoms with E-state index in [4.69, 9.17) is 9.16 Å². The molecule has 0 spiro atoms. The summed E-state index contributed by atoms with van der Waals surface area (Å²) in [4.78, 5) is 0. The Kier molecular flexibility index (Phi) is 10.2. The van der Waals surface area contributed by atoms with Gasteiger partial charge in [-0.15, -0.1) is 5.54 Å². The smallest absolute Gasteiger partial charge is 0.216 e. The van der Waals surface area contributed by atoms with Crippen LogP contribution in [0.2, 0.25) is 34.8 Å². The monoisotopic (exact) mass is 480 g/mol. The van der Waals surface area contributed by atoms with Crippen molar-refractivity contribution in [2.75, 3.05) is 7.11 Å². The highest BCUT2D eigenvalue weighted by molar-refractivity contribution is 6.90. The summed E-state index contributed by atoms with van der Waals surface area (Å²) in [7, 11) is -2.46. The van der Waals surface area contributed by atoms with Gasteiger partial charge in [-0.2, -0.15) is 0 Å². The fraction of sp³-hybridized carbons (Fsp3) is 0.852. The summed E-state index contributed by atoms with van der Waals surface area (Å²) in [6, 6.07) is 0. The Labute approximate surface area is 202 Å². The van der Waals surface area contributed by atoms with Crippen LogP contribution in [0.4, 0.5) is 0 Å². The van der Waals surface area contributed by atoms with Crippen molar-refractivity contribution in [1.29, 1.82) is 0 Å². The van der Waals surface area contributed by atoms with Gasteiger partial charge < -0.3 is 14.3 Å². The predicted molar refractivity (Wildman–Crippen MR) is 145 cm³/mol. The Hall–Kier alpha value is -0.566. The van der Waals surface area contributed by atoms with E-state index in [0.29, 0.717) is 16.6 Å². The summed E-state index contributed by atoms with van der Waals surface area (Å²) in [6.45, 7) is 32.3. The van der Waals surface area contributed by atoms with Gasteiger partial charge in [-0.05, 0) is 68.4 Å². The minimum atomic E-state index is -2.04. The summed E-state index contributed by atoms with van der Waals surface area (Å²) in [5, 5.41) is 11.8. The standard InChI is InChI=1S/C27H52O3Si2/c1-21(2)32(22(3)4,23(5)6)20-19-27(28,26(12,13)29-14)18-17-25(10,11)30-31(15,16)24(7,8)9/h21-23,28H,1-16H3. The van der Waals surface area contributed by atoms with E-state index in [1.807, 2.05) is 27.7 Å². The molecule has 0 amide bonds. The summed E-state index contributed by atoms with van der Waals surface area (Å²) in [5.41, 5.74) is 1.79. The molecule has 1 atom stereocenters. The molecule has 0 rings (SSSR count). The van der Waals surface area contributed by atoms with Crippen molar-refractivity contribution in [2.45, 2.75) is 142 Å². The molecule has 0 radical (unpaired) electrons. The molecular formula is C27H52O3Si2. The lowest BCUT2D eigenvalue weighted by Gasteiger charge is -2.41. The van der Waals surface area contributed by atoms with E-state index < -0.39 is 33.2 Å². The maximum absolute atomic E-state index is 11.8. The number of rotatable bonds is 7. The second-order valence-corrected chi connectivity index (χ2v) is 23.0. The Balaban J connectivity index is 6.65. The third-order valence-electron chi connectivity index (χ3n) is 7.57. The van der Waals surface area contributed by atoms with Crippen LogP contribution in [0.1, 0.15) is 90.0 Å². The first kappa shape index (κ1) is 31.4. The lowest BCUT2D eigenvalue weighted by molar-refractivity contribution is -0.0870. The van der Waals surface area contributed by atoms with E-state index >= 15 is 0 Å². The van der Waals surface area contributed by atoms with Gasteiger partial charge in [0.25, 0.3) is 0 Å². The number of hydrogen-bond donors (Lipinski definition) is 1. The fourth-order valence-corrected chi connectivity index (χ4v) is 11.1. The molecule has 5 heteroatoms. The minimum absolute atomic E-state index is 0.0743. The first-order valence-electron chi connectivity index (χ1n) is 12.1. The first-order chi connectivity index (χ1) is 14.0. The zero-order chi connectivity index (χ0) is 26.0. The van der Waals surface area contributed by atoms with Crippen molar-refractivity contribution in [3.63, 3.8) is 0 Å². The number of methoxy groups -OCH3 is 1. The van der Waals surface area contributed by atoms with Gasteiger partial charge in [0.2, 0.25) is 5.60 Å². The summed E-state index contributed by atoms with van der Waals surface area (Å²) in [6.07, 6.45) is 0. The first-order valence-corrected chi connectivity index (χ1v) is 17.2. The van der Waals surface area contributed by atoms with Crippen LogP contribution in [-0.4, -0.2) is 45.4 Å². The van der Waals surface area contributed by atoms with Gasteiger partial charge in [-0.25, -0.2) is 0 Å². The van der Waals surface area contributed by atoms with Crippen LogP contribution < -0.4 is 0 Å². The van der Waals surface area contributed by atoms with Gasteiger partial charge in [0.1, 0.15) is 19.3 Å². The molecule has 186 valence electrons. The van der Waals surface area contributed by atoms with E-state index in [1.54, 1.807) is 7.11 Å². The van der Waals surface area contributed by atoms with Gasteiger partial charge in [0.05, 0.1) is 0 Å². The number of ether oxygens (including phenoxy) is 1. The van der Waals surface area contributed by atoms with Crippen LogP contribution in [0, 0.1) is 23.3 Å². The van der Waals surface area contributed by atoms with Crippen molar-refractivity contribution in [3.8, 4) is 23.3 Å². The van der Waals surface area contributed by atoms with E-state index in [-0.39, 0.29) is 5.04 Å². The van der Waals surface area contributed by atoms with Crippen molar-refractivity contribution >= 4 is 16.4 Å². The summed E-state index contributed by atoms with van der Waals surface area (Å²) in [5.74, 6) is 9.62. The number of hydrogen-bond acceptors (Lipinski definition) is 3. The molecule has 0 heterocycles. The molecule has 1 N–H and O–H groups in total. The molecule has 32 heavy (non-hydrogen) atoms. The predicted octanol–water partition coefficient (Wildman–Crippen LogP) is 7.17. The molecule has 3 nitrogen and oxygen atoms in total. The van der Waals surface area contributed by atoms with E-state index in [0.717, 1.165) is 0 Å². The highest BCUT2D eigenvalue weighted by Gasteiger charge is 2.46. The molecule has 0 fully saturated rings. The molecule has 0 aromatic rings. The van der Waals surface area contributed by atoms with Crippen molar-refractivity contribution in [3.05, 3.63) is 0 Å². The topological polar surface area (TPSA) is 38.7 Å². The van der Waals surface area contributed by atoms with Gasteiger partial charge in [-0.3, -0.25) is 0 Å². The third kappa shape index (κ3) is 6.97. The highest BCUT2D eigenvalue weighted by atomic mass is 28.4. The molecule has 1 unspecified atom stereocenters. The zero-order valence-corrected chi connectivity index (χ0v) is 26.0. The second kappa shape index (κ2) is 10.4. The average molecular weight is 481 g/mol. The molecular weight excluding hydrogens is 428 g/mol. The Bertz CT molecular complexity index is 728. The SMILES string of the molecule is COC(C)(C)C(O)(C#CC(C)(C)O[Si](C)(C)C(C)(C)C)C#C[Si](C(C)C)(C(C)C)C(C)C. The van der Waals surface area contributed by atoms with Gasteiger partial charge in [0.15, 0.2) is 8.32 Å². The Morgan fingerprint density at radius 1 is 0.719 bits per heavy atom. The molecule has 0 aliphatic rings. The Morgan fingerprint density at radius 2 is 1.12 bits per heavy atom. The van der Waals surface area contributed by atoms with Crippen LogP contribution in [0.5, 0.6) is 0 Å². The van der Waals surface area contributed by atoms with Crippen molar-refractivity contribution in [2.24, 2.45) is 0 Å². The summed E-state index contributed by atoms with van der Waals surface area (Å²) >= 11 is 0. The fourth-order valence-electron chi connectivity index (χ4n) is 4.17. The maximum atomic E-state index is 11.8. The average Bonchev–Trinajstić information content (AvgIpc) is 2.57. The molecule has 0 aliphatic heterocycles. The summed E-state index contributed by atoms with van der Waals surface area (Å²) < 4.78 is 12.3. The minimum Gasteiger partial charge on any atom is -0.401 e. The lowest BCUT2D eigenvalue weighted by atomic mass is 9.86. The quantitative estimate of drug-likeness (QED) is 0.310. The molecule has 0 aromatic heterocycles. The third-order valence-corrected chi connectivity index (χ3v) is 18.5. The number of aliphatic hydroxyl groups is 1. The van der Waals surface area contributed by atoms with Crippen LogP contribution in [-0.2, 0) is 9.16 Å². The van der Waals surface area contributed by atoms with Gasteiger partial charge in [0, 0.05) is 7.11 Å². The van der Waals surface area contributed by atoms with Crippen molar-refractivity contribution in [1.82, 2.24) is 0 Å². The molecule has 0 aromatic carbocycles. The molecule has 0 aliphatic carbocycles. The normalized spacial score (nSPS) is 15.9. The molecule has 0 bridgehead atoms. The van der Waals surface area contributed by atoms with Crippen LogP contribution in [0.15, 0.2) is 0 Å². The molecule has 0 saturated carbocycles. The van der Waals surface area contributed by atoms with Gasteiger partial charge >= 0.3 is 0 Å². The van der Waals surface area contributed by atoms with E-state index in [2.05, 4.69) is 98.7 Å². The lowest BCUT2D eigenvalue weighted by Crippen LogP contribution is -2.51.